The van der Waals surface area contributed by atoms with Gasteiger partial charge in [0, 0.05) is 34.1 Å². The van der Waals surface area contributed by atoms with E-state index in [9.17, 15) is 0 Å². The lowest BCUT2D eigenvalue weighted by molar-refractivity contribution is 1.17. The molecule has 0 bridgehead atoms. The minimum absolute atomic E-state index is 0.999. The summed E-state index contributed by atoms with van der Waals surface area (Å²) in [7, 11) is 0. The van der Waals surface area contributed by atoms with Crippen molar-refractivity contribution in [2.24, 2.45) is 0 Å². The maximum Gasteiger partial charge on any atom is 0.0462 e. The number of allylic oxidation sites excluding steroid dienone is 3. The molecule has 0 fully saturated rings. The Kier molecular flexibility index (Phi) is 9.33. The number of hydrogen-bond acceptors (Lipinski definition) is 2. The van der Waals surface area contributed by atoms with Gasteiger partial charge in [-0.15, -0.1) is 0 Å². The summed E-state index contributed by atoms with van der Waals surface area (Å²) in [5.41, 5.74) is 11.6. The first kappa shape index (κ1) is 29.5. The summed E-state index contributed by atoms with van der Waals surface area (Å²) in [5, 5.41) is 0. The third-order valence-electron chi connectivity index (χ3n) is 7.92. The Morgan fingerprint density at radius 1 is 0.444 bits per heavy atom. The molecular formula is C43H38N2. The summed E-state index contributed by atoms with van der Waals surface area (Å²) in [6.07, 6.45) is 7.57. The first-order chi connectivity index (χ1) is 22.2. The summed E-state index contributed by atoms with van der Waals surface area (Å²) >= 11 is 0. The van der Waals surface area contributed by atoms with Crippen molar-refractivity contribution in [3.05, 3.63) is 188 Å². The van der Waals surface area contributed by atoms with E-state index < -0.39 is 0 Å². The molecule has 0 saturated heterocycles. The van der Waals surface area contributed by atoms with Gasteiger partial charge < -0.3 is 9.80 Å². The van der Waals surface area contributed by atoms with Crippen LogP contribution in [-0.2, 0) is 0 Å². The number of nitrogens with zero attached hydrogens (tertiary/aromatic N) is 2. The molecule has 0 N–H and O–H groups in total. The average Bonchev–Trinajstić information content (AvgIpc) is 3.12. The summed E-state index contributed by atoms with van der Waals surface area (Å²) in [4.78, 5) is 4.59. The van der Waals surface area contributed by atoms with Crippen molar-refractivity contribution >= 4 is 28.4 Å². The van der Waals surface area contributed by atoms with E-state index >= 15 is 0 Å². The van der Waals surface area contributed by atoms with Crippen LogP contribution in [0.15, 0.2) is 188 Å². The predicted octanol–water partition coefficient (Wildman–Crippen LogP) is 12.5. The van der Waals surface area contributed by atoms with Gasteiger partial charge in [0.05, 0.1) is 0 Å². The van der Waals surface area contributed by atoms with E-state index in [1.54, 1.807) is 0 Å². The molecule has 6 aromatic rings. The Bertz CT molecular complexity index is 1800. The normalized spacial score (nSPS) is 11.5. The molecule has 0 aromatic heterocycles. The zero-order valence-electron chi connectivity index (χ0n) is 25.9. The third-order valence-corrected chi connectivity index (χ3v) is 7.92. The second kappa shape index (κ2) is 14.2. The first-order valence-electron chi connectivity index (χ1n) is 15.6. The van der Waals surface area contributed by atoms with E-state index in [4.69, 9.17) is 0 Å². The monoisotopic (exact) mass is 582 g/mol. The fourth-order valence-corrected chi connectivity index (χ4v) is 5.63. The molecule has 6 aromatic carbocycles. The van der Waals surface area contributed by atoms with Crippen LogP contribution in [0.4, 0.5) is 28.4 Å². The summed E-state index contributed by atoms with van der Waals surface area (Å²) < 4.78 is 0. The van der Waals surface area contributed by atoms with Crippen LogP contribution >= 0.6 is 0 Å². The molecular weight excluding hydrogens is 544 g/mol. The molecule has 0 atom stereocenters. The Morgan fingerprint density at radius 3 is 1.18 bits per heavy atom. The molecule has 2 heteroatoms. The van der Waals surface area contributed by atoms with Crippen LogP contribution < -0.4 is 9.80 Å². The van der Waals surface area contributed by atoms with Gasteiger partial charge in [-0.1, -0.05) is 122 Å². The Labute approximate surface area is 267 Å². The van der Waals surface area contributed by atoms with Crippen molar-refractivity contribution < 1.29 is 0 Å². The van der Waals surface area contributed by atoms with E-state index in [1.807, 2.05) is 0 Å². The highest BCUT2D eigenvalue weighted by atomic mass is 15.1. The second-order valence-electron chi connectivity index (χ2n) is 10.9. The van der Waals surface area contributed by atoms with Gasteiger partial charge in [-0.25, -0.2) is 0 Å². The highest BCUT2D eigenvalue weighted by molar-refractivity contribution is 5.79. The van der Waals surface area contributed by atoms with E-state index in [-0.39, 0.29) is 0 Å². The lowest BCUT2D eigenvalue weighted by atomic mass is 9.99. The topological polar surface area (TPSA) is 6.48 Å². The summed E-state index contributed by atoms with van der Waals surface area (Å²) in [6, 6.07) is 58.1. The molecule has 6 rings (SSSR count). The van der Waals surface area contributed by atoms with Crippen LogP contribution in [0.25, 0.3) is 22.3 Å². The molecule has 45 heavy (non-hydrogen) atoms. The zero-order chi connectivity index (χ0) is 30.8. The summed E-state index contributed by atoms with van der Waals surface area (Å²) in [6.45, 7) is 4.26. The Morgan fingerprint density at radius 2 is 0.778 bits per heavy atom. The molecule has 220 valence electrons. The summed E-state index contributed by atoms with van der Waals surface area (Å²) in [5.74, 6) is 0. The van der Waals surface area contributed by atoms with Gasteiger partial charge in [-0.05, 0) is 102 Å². The largest absolute Gasteiger partial charge is 0.311 e. The number of anilines is 5. The highest BCUT2D eigenvalue weighted by Gasteiger charge is 2.14. The van der Waals surface area contributed by atoms with Crippen LogP contribution in [0.3, 0.4) is 0 Å². The molecule has 0 unspecified atom stereocenters. The van der Waals surface area contributed by atoms with Gasteiger partial charge in [0.2, 0.25) is 0 Å². The molecule has 0 aliphatic carbocycles. The average molecular weight is 583 g/mol. The predicted molar refractivity (Wildman–Crippen MR) is 194 cm³/mol. The van der Waals surface area contributed by atoms with Crippen molar-refractivity contribution in [3.8, 4) is 22.3 Å². The SMILES string of the molecule is C/C=C(\C=C/CC)N(c1ccccc1)c1ccc(-c2ccc(-c3ccc(N(c4ccccc4)c4ccccc4)cc3)cc2)cc1. The molecule has 0 aliphatic rings. The smallest absolute Gasteiger partial charge is 0.0462 e. The zero-order valence-corrected chi connectivity index (χ0v) is 25.9. The third kappa shape index (κ3) is 6.82. The fraction of sp³-hybridized carbons (Fsp3) is 0.0698. The Balaban J connectivity index is 1.23. The van der Waals surface area contributed by atoms with E-state index in [0.717, 1.165) is 40.6 Å². The molecule has 2 nitrogen and oxygen atoms in total. The van der Waals surface area contributed by atoms with Crippen LogP contribution in [0.2, 0.25) is 0 Å². The van der Waals surface area contributed by atoms with Gasteiger partial charge in [0.25, 0.3) is 0 Å². The van der Waals surface area contributed by atoms with Crippen LogP contribution in [-0.4, -0.2) is 0 Å². The van der Waals surface area contributed by atoms with E-state index in [2.05, 4.69) is 206 Å². The molecule has 0 heterocycles. The quantitative estimate of drug-likeness (QED) is 0.148. The number of rotatable bonds is 10. The van der Waals surface area contributed by atoms with Crippen LogP contribution in [0.1, 0.15) is 20.3 Å². The maximum atomic E-state index is 2.30. The lowest BCUT2D eigenvalue weighted by Gasteiger charge is -2.26. The van der Waals surface area contributed by atoms with Crippen LogP contribution in [0, 0.1) is 0 Å². The number of benzene rings is 6. The van der Waals surface area contributed by atoms with E-state index in [0.29, 0.717) is 0 Å². The van der Waals surface area contributed by atoms with Gasteiger partial charge in [0.1, 0.15) is 0 Å². The maximum absolute atomic E-state index is 2.30. The van der Waals surface area contributed by atoms with Gasteiger partial charge in [-0.3, -0.25) is 0 Å². The number of hydrogen-bond donors (Lipinski definition) is 0. The van der Waals surface area contributed by atoms with E-state index in [1.165, 1.54) is 22.3 Å². The van der Waals surface area contributed by atoms with Crippen LogP contribution in [0.5, 0.6) is 0 Å². The van der Waals surface area contributed by atoms with Crippen molar-refractivity contribution in [1.29, 1.82) is 0 Å². The van der Waals surface area contributed by atoms with Crippen molar-refractivity contribution in [2.75, 3.05) is 9.80 Å². The van der Waals surface area contributed by atoms with Gasteiger partial charge >= 0.3 is 0 Å². The fourth-order valence-electron chi connectivity index (χ4n) is 5.63. The number of para-hydroxylation sites is 3. The van der Waals surface area contributed by atoms with Gasteiger partial charge in [-0.2, -0.15) is 0 Å². The Hall–Kier alpha value is -5.60. The lowest BCUT2D eigenvalue weighted by Crippen LogP contribution is -2.14. The molecule has 0 spiro atoms. The van der Waals surface area contributed by atoms with Crippen molar-refractivity contribution in [2.45, 2.75) is 20.3 Å². The minimum Gasteiger partial charge on any atom is -0.311 e. The van der Waals surface area contributed by atoms with Gasteiger partial charge in [0.15, 0.2) is 0 Å². The van der Waals surface area contributed by atoms with Crippen molar-refractivity contribution in [3.63, 3.8) is 0 Å². The molecule has 0 radical (unpaired) electrons. The highest BCUT2D eigenvalue weighted by Crippen LogP contribution is 2.36. The molecule has 0 amide bonds. The molecule has 0 aliphatic heterocycles. The van der Waals surface area contributed by atoms with Crippen molar-refractivity contribution in [1.82, 2.24) is 0 Å². The molecule has 0 saturated carbocycles. The minimum atomic E-state index is 0.999. The first-order valence-corrected chi connectivity index (χ1v) is 15.6. The standard InChI is InChI=1S/C43H38N2/c1-3-5-15-38(4-2)44(39-16-9-6-10-17-39)42-30-26-36(27-31-42)34-22-24-35(25-23-34)37-28-32-43(33-29-37)45(40-18-11-7-12-19-40)41-20-13-8-14-21-41/h4-33H,3H2,1-2H3/b15-5-,38-4+. The second-order valence-corrected chi connectivity index (χ2v) is 10.9.